The lowest BCUT2D eigenvalue weighted by atomic mass is 9.94. The third kappa shape index (κ3) is 5.45. The number of aliphatic hydroxyl groups excluding tert-OH is 1. The van der Waals surface area contributed by atoms with Crippen LogP contribution in [0.4, 0.5) is 0 Å². The van der Waals surface area contributed by atoms with E-state index in [-0.39, 0.29) is 21.9 Å². The average Bonchev–Trinajstić information content (AvgIpc) is 3.11. The first-order valence-corrected chi connectivity index (χ1v) is 12.1. The van der Waals surface area contributed by atoms with E-state index in [4.69, 9.17) is 21.1 Å². The van der Waals surface area contributed by atoms with Crippen LogP contribution in [-0.4, -0.2) is 77.7 Å². The van der Waals surface area contributed by atoms with E-state index in [0.29, 0.717) is 44.1 Å². The number of ketones is 1. The molecule has 0 unspecified atom stereocenters. The zero-order valence-corrected chi connectivity index (χ0v) is 20.3. The van der Waals surface area contributed by atoms with Crippen LogP contribution in [-0.2, 0) is 14.3 Å². The van der Waals surface area contributed by atoms with Crippen LogP contribution in [0.25, 0.3) is 5.76 Å². The Morgan fingerprint density at radius 2 is 1.91 bits per heavy atom. The van der Waals surface area contributed by atoms with Gasteiger partial charge in [-0.05, 0) is 49.2 Å². The molecule has 2 aromatic rings. The number of Topliss-reactive ketones (excluding diaryl/α,β-unsaturated/α-hetero) is 1. The van der Waals surface area contributed by atoms with E-state index in [2.05, 4.69) is 4.90 Å². The first-order valence-electron chi connectivity index (χ1n) is 11.7. The number of aliphatic hydroxyl groups is 1. The number of likely N-dealkylation sites (tertiary alicyclic amines) is 1. The summed E-state index contributed by atoms with van der Waals surface area (Å²) in [7, 11) is 0. The van der Waals surface area contributed by atoms with Crippen molar-refractivity contribution in [1.82, 2.24) is 9.80 Å². The SMILES string of the molecule is CCOc1cccc([C@@H]2C(=C(O)c3cc(Cl)ccc3O)C(=O)C(=O)N2CCCN2CCOCC2)c1. The molecular formula is C26H29ClN2O6. The van der Waals surface area contributed by atoms with Crippen molar-refractivity contribution in [3.05, 3.63) is 64.2 Å². The van der Waals surface area contributed by atoms with E-state index in [1.807, 2.05) is 6.92 Å². The van der Waals surface area contributed by atoms with Crippen LogP contribution < -0.4 is 4.74 Å². The molecule has 0 saturated carbocycles. The molecule has 1 atom stereocenters. The van der Waals surface area contributed by atoms with Gasteiger partial charge in [0.15, 0.2) is 0 Å². The molecule has 0 spiro atoms. The molecule has 186 valence electrons. The first-order chi connectivity index (χ1) is 16.9. The van der Waals surface area contributed by atoms with Crippen LogP contribution in [0.5, 0.6) is 11.5 Å². The minimum Gasteiger partial charge on any atom is -0.507 e. The number of ether oxygens (including phenoxy) is 2. The van der Waals surface area contributed by atoms with E-state index < -0.39 is 23.5 Å². The Balaban J connectivity index is 1.72. The summed E-state index contributed by atoms with van der Waals surface area (Å²) < 4.78 is 11.0. The number of phenolic OH excluding ortho intramolecular Hbond substituents is 1. The number of nitrogens with zero attached hydrogens (tertiary/aromatic N) is 2. The summed E-state index contributed by atoms with van der Waals surface area (Å²) in [6.45, 7) is 6.41. The van der Waals surface area contributed by atoms with Crippen molar-refractivity contribution in [2.75, 3.05) is 46.0 Å². The monoisotopic (exact) mass is 500 g/mol. The fourth-order valence-corrected chi connectivity index (χ4v) is 4.70. The predicted molar refractivity (Wildman–Crippen MR) is 132 cm³/mol. The molecule has 0 aromatic heterocycles. The molecule has 2 N–H and O–H groups in total. The molecule has 2 aliphatic heterocycles. The van der Waals surface area contributed by atoms with Gasteiger partial charge in [0.2, 0.25) is 0 Å². The van der Waals surface area contributed by atoms with Crippen LogP contribution in [0.15, 0.2) is 48.0 Å². The van der Waals surface area contributed by atoms with Gasteiger partial charge in [-0.15, -0.1) is 0 Å². The number of hydrogen-bond acceptors (Lipinski definition) is 7. The minimum atomic E-state index is -0.835. The van der Waals surface area contributed by atoms with Gasteiger partial charge in [0.05, 0.1) is 37.0 Å². The summed E-state index contributed by atoms with van der Waals surface area (Å²) >= 11 is 6.08. The van der Waals surface area contributed by atoms with Crippen molar-refractivity contribution >= 4 is 29.1 Å². The number of hydrogen-bond donors (Lipinski definition) is 2. The van der Waals surface area contributed by atoms with Crippen molar-refractivity contribution in [2.24, 2.45) is 0 Å². The summed E-state index contributed by atoms with van der Waals surface area (Å²) in [6.07, 6.45) is 0.650. The quantitative estimate of drug-likeness (QED) is 0.324. The number of rotatable bonds is 8. The fourth-order valence-electron chi connectivity index (χ4n) is 4.53. The highest BCUT2D eigenvalue weighted by Gasteiger charge is 2.46. The molecule has 1 amide bonds. The maximum absolute atomic E-state index is 13.2. The highest BCUT2D eigenvalue weighted by molar-refractivity contribution is 6.46. The normalized spacial score (nSPS) is 20.4. The van der Waals surface area contributed by atoms with Gasteiger partial charge in [0, 0.05) is 31.2 Å². The lowest BCUT2D eigenvalue weighted by Gasteiger charge is -2.29. The van der Waals surface area contributed by atoms with E-state index in [9.17, 15) is 19.8 Å². The minimum absolute atomic E-state index is 0.00483. The van der Waals surface area contributed by atoms with Gasteiger partial charge in [0.1, 0.15) is 17.3 Å². The average molecular weight is 501 g/mol. The first kappa shape index (κ1) is 25.0. The number of amides is 1. The molecule has 2 fully saturated rings. The lowest BCUT2D eigenvalue weighted by molar-refractivity contribution is -0.140. The second-order valence-electron chi connectivity index (χ2n) is 8.47. The second kappa shape index (κ2) is 11.1. The molecule has 2 heterocycles. The van der Waals surface area contributed by atoms with E-state index in [1.165, 1.54) is 23.1 Å². The predicted octanol–water partition coefficient (Wildman–Crippen LogP) is 3.59. The number of carbonyl (C=O) groups excluding carboxylic acids is 2. The van der Waals surface area contributed by atoms with Gasteiger partial charge in [-0.2, -0.15) is 0 Å². The van der Waals surface area contributed by atoms with E-state index in [1.54, 1.807) is 24.3 Å². The van der Waals surface area contributed by atoms with Gasteiger partial charge in [-0.1, -0.05) is 23.7 Å². The Labute approximate surface area is 209 Å². The summed E-state index contributed by atoms with van der Waals surface area (Å²) in [5.41, 5.74) is 0.534. The van der Waals surface area contributed by atoms with Crippen LogP contribution in [0.2, 0.25) is 5.02 Å². The molecule has 35 heavy (non-hydrogen) atoms. The van der Waals surface area contributed by atoms with E-state index in [0.717, 1.165) is 19.6 Å². The molecule has 2 saturated heterocycles. The maximum Gasteiger partial charge on any atom is 0.295 e. The van der Waals surface area contributed by atoms with Crippen LogP contribution in [0.1, 0.15) is 30.5 Å². The maximum atomic E-state index is 13.2. The number of halogens is 1. The molecule has 9 heteroatoms. The van der Waals surface area contributed by atoms with Gasteiger partial charge in [-0.3, -0.25) is 14.5 Å². The van der Waals surface area contributed by atoms with Gasteiger partial charge in [-0.25, -0.2) is 0 Å². The smallest absolute Gasteiger partial charge is 0.295 e. The topological polar surface area (TPSA) is 99.5 Å². The summed E-state index contributed by atoms with van der Waals surface area (Å²) in [5.74, 6) is -1.62. The van der Waals surface area contributed by atoms with Gasteiger partial charge >= 0.3 is 0 Å². The summed E-state index contributed by atoms with van der Waals surface area (Å²) in [5, 5.41) is 21.8. The largest absolute Gasteiger partial charge is 0.507 e. The molecule has 4 rings (SSSR count). The van der Waals surface area contributed by atoms with Gasteiger partial charge < -0.3 is 24.6 Å². The third-order valence-corrected chi connectivity index (χ3v) is 6.45. The highest BCUT2D eigenvalue weighted by atomic mass is 35.5. The molecule has 0 aliphatic carbocycles. The summed E-state index contributed by atoms with van der Waals surface area (Å²) in [4.78, 5) is 30.1. The number of benzene rings is 2. The Morgan fingerprint density at radius 1 is 1.14 bits per heavy atom. The molecule has 8 nitrogen and oxygen atoms in total. The van der Waals surface area contributed by atoms with Crippen molar-refractivity contribution in [3.8, 4) is 11.5 Å². The number of morpholine rings is 1. The standard InChI is InChI=1S/C26H29ClN2O6/c1-2-35-19-6-3-5-17(15-19)23-22(24(31)20-16-18(27)7-8-21(20)30)25(32)26(33)29(23)10-4-9-28-11-13-34-14-12-28/h3,5-8,15-16,23,30-31H,2,4,9-14H2,1H3/t23-/m1/s1. The van der Waals surface area contributed by atoms with Crippen molar-refractivity contribution in [1.29, 1.82) is 0 Å². The van der Waals surface area contributed by atoms with Crippen molar-refractivity contribution in [2.45, 2.75) is 19.4 Å². The third-order valence-electron chi connectivity index (χ3n) is 6.22. The van der Waals surface area contributed by atoms with Crippen LogP contribution >= 0.6 is 11.6 Å². The van der Waals surface area contributed by atoms with Crippen molar-refractivity contribution in [3.63, 3.8) is 0 Å². The van der Waals surface area contributed by atoms with Gasteiger partial charge in [0.25, 0.3) is 11.7 Å². The second-order valence-corrected chi connectivity index (χ2v) is 8.90. The molecule has 0 bridgehead atoms. The summed E-state index contributed by atoms with van der Waals surface area (Å²) in [6, 6.07) is 10.5. The molecule has 0 radical (unpaired) electrons. The zero-order chi connectivity index (χ0) is 24.9. The Kier molecular flexibility index (Phi) is 7.95. The molecule has 2 aliphatic rings. The Morgan fingerprint density at radius 3 is 2.66 bits per heavy atom. The Bertz CT molecular complexity index is 1130. The zero-order valence-electron chi connectivity index (χ0n) is 19.6. The van der Waals surface area contributed by atoms with E-state index >= 15 is 0 Å². The number of aromatic hydroxyl groups is 1. The fraction of sp³-hybridized carbons (Fsp3) is 0.385. The van der Waals surface area contributed by atoms with Crippen LogP contribution in [0, 0.1) is 0 Å². The van der Waals surface area contributed by atoms with Crippen molar-refractivity contribution < 1.29 is 29.3 Å². The molecule has 2 aromatic carbocycles. The lowest BCUT2D eigenvalue weighted by Crippen LogP contribution is -2.38. The number of phenols is 1. The highest BCUT2D eigenvalue weighted by Crippen LogP contribution is 2.42. The molecular weight excluding hydrogens is 472 g/mol. The van der Waals surface area contributed by atoms with Crippen LogP contribution in [0.3, 0.4) is 0 Å². The number of carbonyl (C=O) groups is 2. The Hall–Kier alpha value is -3.07.